The van der Waals surface area contributed by atoms with E-state index in [1.54, 1.807) is 0 Å². The van der Waals surface area contributed by atoms with Gasteiger partial charge in [-0.3, -0.25) is 0 Å². The molecule has 0 aliphatic heterocycles. The van der Waals surface area contributed by atoms with Gasteiger partial charge < -0.3 is 9.52 Å². The van der Waals surface area contributed by atoms with Gasteiger partial charge in [0.05, 0.1) is 12.5 Å². The molecule has 3 rings (SSSR count). The maximum atomic E-state index is 10.3. The second kappa shape index (κ2) is 5.47. The van der Waals surface area contributed by atoms with Gasteiger partial charge in [0, 0.05) is 0 Å². The molecular weight excluding hydrogens is 250 g/mol. The van der Waals surface area contributed by atoms with Crippen LogP contribution in [0.5, 0.6) is 0 Å². The monoisotopic (exact) mass is 267 g/mol. The highest BCUT2D eigenvalue weighted by atomic mass is 16.4. The lowest BCUT2D eigenvalue weighted by Crippen LogP contribution is -2.02. The van der Waals surface area contributed by atoms with Crippen molar-refractivity contribution in [3.8, 4) is 0 Å². The van der Waals surface area contributed by atoms with Crippen LogP contribution in [-0.2, 0) is 12.8 Å². The highest BCUT2D eigenvalue weighted by Gasteiger charge is 2.13. The zero-order chi connectivity index (χ0) is 13.9. The Morgan fingerprint density at radius 2 is 1.85 bits per heavy atom. The Labute approximate surface area is 117 Å². The van der Waals surface area contributed by atoms with Crippen molar-refractivity contribution in [3.63, 3.8) is 0 Å². The number of aliphatic hydroxyl groups excluding tert-OH is 1. The highest BCUT2D eigenvalue weighted by Crippen LogP contribution is 2.21. The number of hydrogen-bond acceptors (Lipinski definition) is 3. The van der Waals surface area contributed by atoms with Gasteiger partial charge in [-0.25, -0.2) is 4.98 Å². The van der Waals surface area contributed by atoms with Crippen molar-refractivity contribution in [2.24, 2.45) is 0 Å². The van der Waals surface area contributed by atoms with Crippen molar-refractivity contribution in [3.05, 3.63) is 65.5 Å². The third-order valence-corrected chi connectivity index (χ3v) is 3.48. The summed E-state index contributed by atoms with van der Waals surface area (Å²) in [6, 6.07) is 15.7. The fourth-order valence-electron chi connectivity index (χ4n) is 2.27. The van der Waals surface area contributed by atoms with Crippen LogP contribution in [0.3, 0.4) is 0 Å². The number of rotatable bonds is 4. The van der Waals surface area contributed by atoms with E-state index in [2.05, 4.69) is 11.9 Å². The first-order valence-electron chi connectivity index (χ1n) is 6.87. The summed E-state index contributed by atoms with van der Waals surface area (Å²) >= 11 is 0. The molecule has 1 aromatic heterocycles. The second-order valence-corrected chi connectivity index (χ2v) is 4.89. The summed E-state index contributed by atoms with van der Waals surface area (Å²) in [6.07, 6.45) is 0.802. The summed E-state index contributed by atoms with van der Waals surface area (Å²) < 4.78 is 5.63. The number of aromatic nitrogens is 1. The molecule has 0 fully saturated rings. The summed E-state index contributed by atoms with van der Waals surface area (Å²) in [5.74, 6) is 0.568. The number of hydrogen-bond donors (Lipinski definition) is 1. The average molecular weight is 267 g/mol. The van der Waals surface area contributed by atoms with E-state index >= 15 is 0 Å². The van der Waals surface area contributed by atoms with E-state index in [9.17, 15) is 5.11 Å². The Kier molecular flexibility index (Phi) is 3.52. The fourth-order valence-corrected chi connectivity index (χ4v) is 2.27. The van der Waals surface area contributed by atoms with Crippen LogP contribution in [0.1, 0.15) is 30.0 Å². The van der Waals surface area contributed by atoms with E-state index in [1.807, 2.05) is 48.5 Å². The van der Waals surface area contributed by atoms with Crippen LogP contribution >= 0.6 is 0 Å². The Bertz CT molecular complexity index is 667. The Morgan fingerprint density at radius 3 is 2.55 bits per heavy atom. The highest BCUT2D eigenvalue weighted by molar-refractivity contribution is 5.72. The van der Waals surface area contributed by atoms with Gasteiger partial charge in [0.25, 0.3) is 0 Å². The van der Waals surface area contributed by atoms with E-state index in [1.165, 1.54) is 5.56 Å². The lowest BCUT2D eigenvalue weighted by atomic mass is 10.0. The van der Waals surface area contributed by atoms with Gasteiger partial charge >= 0.3 is 0 Å². The normalized spacial score (nSPS) is 12.7. The summed E-state index contributed by atoms with van der Waals surface area (Å²) in [5, 5.41) is 10.3. The van der Waals surface area contributed by atoms with Crippen molar-refractivity contribution < 1.29 is 9.52 Å². The van der Waals surface area contributed by atoms with E-state index in [0.29, 0.717) is 12.3 Å². The second-order valence-electron chi connectivity index (χ2n) is 4.89. The number of aryl methyl sites for hydroxylation is 1. The van der Waals surface area contributed by atoms with Crippen LogP contribution in [0.15, 0.2) is 52.9 Å². The molecule has 0 aliphatic rings. The SMILES string of the molecule is CCc1ccc(C(O)Cc2nc3ccccc3o2)cc1. The molecule has 2 aromatic carbocycles. The largest absolute Gasteiger partial charge is 0.441 e. The van der Waals surface area contributed by atoms with E-state index in [0.717, 1.165) is 23.1 Å². The lowest BCUT2D eigenvalue weighted by molar-refractivity contribution is 0.169. The number of nitrogens with zero attached hydrogens (tertiary/aromatic N) is 1. The van der Waals surface area contributed by atoms with Crippen molar-refractivity contribution in [1.82, 2.24) is 4.98 Å². The third-order valence-electron chi connectivity index (χ3n) is 3.48. The van der Waals surface area contributed by atoms with E-state index in [-0.39, 0.29) is 0 Å². The van der Waals surface area contributed by atoms with Crippen LogP contribution in [-0.4, -0.2) is 10.1 Å². The molecule has 1 atom stereocenters. The summed E-state index contributed by atoms with van der Waals surface area (Å²) in [7, 11) is 0. The summed E-state index contributed by atoms with van der Waals surface area (Å²) in [4.78, 5) is 4.39. The van der Waals surface area contributed by atoms with Gasteiger partial charge in [0.2, 0.25) is 0 Å². The van der Waals surface area contributed by atoms with E-state index in [4.69, 9.17) is 4.42 Å². The first-order chi connectivity index (χ1) is 9.76. The van der Waals surface area contributed by atoms with Crippen LogP contribution in [0.2, 0.25) is 0 Å². The Morgan fingerprint density at radius 1 is 1.10 bits per heavy atom. The molecular formula is C17H17NO2. The van der Waals surface area contributed by atoms with Gasteiger partial charge in [-0.05, 0) is 29.7 Å². The van der Waals surface area contributed by atoms with Gasteiger partial charge in [0.15, 0.2) is 11.5 Å². The first-order valence-corrected chi connectivity index (χ1v) is 6.87. The van der Waals surface area contributed by atoms with Gasteiger partial charge in [-0.15, -0.1) is 0 Å². The van der Waals surface area contributed by atoms with Crippen LogP contribution in [0, 0.1) is 0 Å². The molecule has 1 N–H and O–H groups in total. The predicted octanol–water partition coefficient (Wildman–Crippen LogP) is 3.67. The molecule has 0 amide bonds. The van der Waals surface area contributed by atoms with Crippen LogP contribution in [0.4, 0.5) is 0 Å². The minimum absolute atomic E-state index is 0.389. The quantitative estimate of drug-likeness (QED) is 0.784. The predicted molar refractivity (Wildman–Crippen MR) is 78.5 cm³/mol. The molecule has 1 unspecified atom stereocenters. The van der Waals surface area contributed by atoms with Gasteiger partial charge in [-0.1, -0.05) is 43.3 Å². The standard InChI is InChI=1S/C17H17NO2/c1-2-12-7-9-13(10-8-12)15(19)11-17-18-14-5-3-4-6-16(14)20-17/h3-10,15,19H,2,11H2,1H3. The minimum atomic E-state index is -0.589. The topological polar surface area (TPSA) is 46.3 Å². The van der Waals surface area contributed by atoms with E-state index < -0.39 is 6.10 Å². The van der Waals surface area contributed by atoms with Crippen LogP contribution < -0.4 is 0 Å². The van der Waals surface area contributed by atoms with Crippen LogP contribution in [0.25, 0.3) is 11.1 Å². The molecule has 0 bridgehead atoms. The molecule has 0 saturated heterocycles. The summed E-state index contributed by atoms with van der Waals surface area (Å²) in [5.41, 5.74) is 3.75. The zero-order valence-electron chi connectivity index (χ0n) is 11.4. The molecule has 0 spiro atoms. The van der Waals surface area contributed by atoms with Gasteiger partial charge in [0.1, 0.15) is 5.52 Å². The molecule has 3 heteroatoms. The van der Waals surface area contributed by atoms with Crippen molar-refractivity contribution in [1.29, 1.82) is 0 Å². The Balaban J connectivity index is 1.78. The molecule has 0 saturated carbocycles. The van der Waals surface area contributed by atoms with Crippen molar-refractivity contribution in [2.75, 3.05) is 0 Å². The molecule has 0 aliphatic carbocycles. The smallest absolute Gasteiger partial charge is 0.198 e. The molecule has 1 heterocycles. The minimum Gasteiger partial charge on any atom is -0.441 e. The zero-order valence-corrected chi connectivity index (χ0v) is 11.4. The Hall–Kier alpha value is -2.13. The van der Waals surface area contributed by atoms with Crippen molar-refractivity contribution in [2.45, 2.75) is 25.9 Å². The first kappa shape index (κ1) is 12.9. The molecule has 102 valence electrons. The maximum absolute atomic E-state index is 10.3. The maximum Gasteiger partial charge on any atom is 0.198 e. The van der Waals surface area contributed by atoms with Gasteiger partial charge in [-0.2, -0.15) is 0 Å². The summed E-state index contributed by atoms with van der Waals surface area (Å²) in [6.45, 7) is 2.11. The average Bonchev–Trinajstić information content (AvgIpc) is 2.89. The number of aliphatic hydroxyl groups is 1. The number of benzene rings is 2. The number of oxazole rings is 1. The lowest BCUT2D eigenvalue weighted by Gasteiger charge is -2.09. The third kappa shape index (κ3) is 2.58. The van der Waals surface area contributed by atoms with Crippen molar-refractivity contribution >= 4 is 11.1 Å². The molecule has 0 radical (unpaired) electrons. The number of para-hydroxylation sites is 2. The molecule has 3 nitrogen and oxygen atoms in total. The fraction of sp³-hybridized carbons (Fsp3) is 0.235. The molecule has 20 heavy (non-hydrogen) atoms. The molecule has 3 aromatic rings. The number of fused-ring (bicyclic) bond motifs is 1.